The van der Waals surface area contributed by atoms with Gasteiger partial charge in [-0.05, 0) is 36.8 Å². The number of aromatic nitrogens is 2. The highest BCUT2D eigenvalue weighted by Gasteiger charge is 2.13. The predicted molar refractivity (Wildman–Crippen MR) is 77.9 cm³/mol. The van der Waals surface area contributed by atoms with Crippen LogP contribution in [0.2, 0.25) is 0 Å². The third-order valence-corrected chi connectivity index (χ3v) is 3.98. The molecule has 0 aliphatic carbocycles. The van der Waals surface area contributed by atoms with Crippen LogP contribution < -0.4 is 5.73 Å². The minimum atomic E-state index is -0.304. The lowest BCUT2D eigenvalue weighted by Gasteiger charge is -2.11. The number of fused-ring (bicyclic) bond motifs is 1. The number of halogens is 2. The van der Waals surface area contributed by atoms with E-state index >= 15 is 0 Å². The van der Waals surface area contributed by atoms with Gasteiger partial charge < -0.3 is 5.73 Å². The lowest BCUT2D eigenvalue weighted by Crippen LogP contribution is -2.02. The summed E-state index contributed by atoms with van der Waals surface area (Å²) >= 11 is 3.49. The number of nitrogens with two attached hydrogens (primary N) is 1. The molecule has 1 aromatic heterocycles. The van der Waals surface area contributed by atoms with Crippen LogP contribution in [0.5, 0.6) is 0 Å². The van der Waals surface area contributed by atoms with Gasteiger partial charge in [-0.25, -0.2) is 9.37 Å². The maximum Gasteiger partial charge on any atom is 0.205 e. The van der Waals surface area contributed by atoms with Crippen LogP contribution in [0.4, 0.5) is 10.3 Å². The van der Waals surface area contributed by atoms with E-state index in [1.54, 1.807) is 10.6 Å². The highest BCUT2D eigenvalue weighted by molar-refractivity contribution is 9.10. The Balaban J connectivity index is 2.39. The smallest absolute Gasteiger partial charge is 0.205 e. The van der Waals surface area contributed by atoms with E-state index in [0.717, 1.165) is 15.7 Å². The molecular weight excluding hydrogens is 309 g/mol. The van der Waals surface area contributed by atoms with Crippen LogP contribution in [0.3, 0.4) is 0 Å². The topological polar surface area (TPSA) is 43.8 Å². The summed E-state index contributed by atoms with van der Waals surface area (Å²) in [6, 6.07) is 10.3. The number of rotatable bonds is 1. The van der Waals surface area contributed by atoms with Gasteiger partial charge >= 0.3 is 0 Å². The van der Waals surface area contributed by atoms with Crippen molar-refractivity contribution in [1.82, 2.24) is 9.55 Å². The summed E-state index contributed by atoms with van der Waals surface area (Å²) in [5, 5.41) is 0. The Morgan fingerprint density at radius 3 is 2.84 bits per heavy atom. The van der Waals surface area contributed by atoms with Crippen molar-refractivity contribution in [2.24, 2.45) is 0 Å². The average Bonchev–Trinajstić information content (AvgIpc) is 2.69. The van der Waals surface area contributed by atoms with Gasteiger partial charge in [0.1, 0.15) is 5.82 Å². The van der Waals surface area contributed by atoms with E-state index in [1.807, 2.05) is 25.1 Å². The number of hydrogen-bond acceptors (Lipinski definition) is 2. The van der Waals surface area contributed by atoms with Crippen LogP contribution in [0.1, 0.15) is 5.56 Å². The second-order valence-electron chi connectivity index (χ2n) is 4.32. The Hall–Kier alpha value is -1.88. The van der Waals surface area contributed by atoms with Crippen LogP contribution in [0.15, 0.2) is 40.9 Å². The summed E-state index contributed by atoms with van der Waals surface area (Å²) in [5.41, 5.74) is 9.23. The molecule has 5 heteroatoms. The molecular formula is C14H11BrFN3. The lowest BCUT2D eigenvalue weighted by molar-refractivity contribution is 0.629. The van der Waals surface area contributed by atoms with E-state index in [9.17, 15) is 4.39 Å². The fourth-order valence-electron chi connectivity index (χ4n) is 2.16. The molecule has 2 N–H and O–H groups in total. The molecule has 0 aliphatic heterocycles. The molecule has 19 heavy (non-hydrogen) atoms. The molecule has 3 nitrogen and oxygen atoms in total. The van der Waals surface area contributed by atoms with Crippen LogP contribution in [0.25, 0.3) is 16.7 Å². The maximum atomic E-state index is 13.4. The fraction of sp³-hybridized carbons (Fsp3) is 0.0714. The first kappa shape index (κ1) is 12.2. The molecule has 96 valence electrons. The second-order valence-corrected chi connectivity index (χ2v) is 5.18. The minimum absolute atomic E-state index is 0.304. The van der Waals surface area contributed by atoms with E-state index in [4.69, 9.17) is 5.73 Å². The molecule has 3 rings (SSSR count). The first-order valence-electron chi connectivity index (χ1n) is 5.77. The zero-order valence-corrected chi connectivity index (χ0v) is 11.8. The largest absolute Gasteiger partial charge is 0.369 e. The van der Waals surface area contributed by atoms with Gasteiger partial charge in [-0.2, -0.15) is 0 Å². The summed E-state index contributed by atoms with van der Waals surface area (Å²) in [6.45, 7) is 1.98. The first-order chi connectivity index (χ1) is 9.08. The van der Waals surface area contributed by atoms with Gasteiger partial charge in [-0.15, -0.1) is 0 Å². The van der Waals surface area contributed by atoms with Crippen molar-refractivity contribution in [3.63, 3.8) is 0 Å². The summed E-state index contributed by atoms with van der Waals surface area (Å²) in [7, 11) is 0. The molecule has 0 saturated carbocycles. The Morgan fingerprint density at radius 1 is 1.26 bits per heavy atom. The lowest BCUT2D eigenvalue weighted by atomic mass is 10.2. The molecule has 0 bridgehead atoms. The van der Waals surface area contributed by atoms with Crippen LogP contribution in [-0.4, -0.2) is 9.55 Å². The quantitative estimate of drug-likeness (QED) is 0.741. The van der Waals surface area contributed by atoms with Crippen molar-refractivity contribution in [2.75, 3.05) is 5.73 Å². The Morgan fingerprint density at radius 2 is 2.05 bits per heavy atom. The average molecular weight is 320 g/mol. The van der Waals surface area contributed by atoms with Crippen molar-refractivity contribution in [3.05, 3.63) is 52.3 Å². The number of nitrogens with zero attached hydrogens (tertiary/aromatic N) is 2. The van der Waals surface area contributed by atoms with E-state index in [2.05, 4.69) is 20.9 Å². The Kier molecular flexibility index (Phi) is 2.78. The molecule has 0 aliphatic rings. The van der Waals surface area contributed by atoms with E-state index in [0.29, 0.717) is 17.0 Å². The van der Waals surface area contributed by atoms with Gasteiger partial charge in [-0.3, -0.25) is 4.57 Å². The molecule has 0 fully saturated rings. The van der Waals surface area contributed by atoms with Crippen LogP contribution in [-0.2, 0) is 0 Å². The molecule has 2 aromatic carbocycles. The van der Waals surface area contributed by atoms with E-state index in [-0.39, 0.29) is 5.82 Å². The number of anilines is 1. The van der Waals surface area contributed by atoms with Crippen molar-refractivity contribution < 1.29 is 4.39 Å². The molecule has 3 aromatic rings. The normalized spacial score (nSPS) is 11.1. The van der Waals surface area contributed by atoms with Crippen molar-refractivity contribution in [3.8, 4) is 5.69 Å². The predicted octanol–water partition coefficient (Wildman–Crippen LogP) is 3.82. The number of benzene rings is 2. The summed E-state index contributed by atoms with van der Waals surface area (Å²) in [5.74, 6) is 0.0445. The SMILES string of the molecule is Cc1c(Br)cccc1-n1c(N)nc2ccc(F)cc21. The highest BCUT2D eigenvalue weighted by Crippen LogP contribution is 2.28. The number of imidazole rings is 1. The van der Waals surface area contributed by atoms with Crippen LogP contribution in [0, 0.1) is 12.7 Å². The number of hydrogen-bond donors (Lipinski definition) is 1. The van der Waals surface area contributed by atoms with Crippen LogP contribution >= 0.6 is 15.9 Å². The van der Waals surface area contributed by atoms with E-state index in [1.165, 1.54) is 12.1 Å². The number of nitrogen functional groups attached to an aromatic ring is 1. The van der Waals surface area contributed by atoms with Gasteiger partial charge in [0.25, 0.3) is 0 Å². The Bertz CT molecular complexity index is 780. The zero-order chi connectivity index (χ0) is 13.6. The zero-order valence-electron chi connectivity index (χ0n) is 10.2. The third-order valence-electron chi connectivity index (χ3n) is 3.12. The Labute approximate surface area is 118 Å². The van der Waals surface area contributed by atoms with Gasteiger partial charge in [-0.1, -0.05) is 22.0 Å². The fourth-order valence-corrected chi connectivity index (χ4v) is 2.51. The maximum absolute atomic E-state index is 13.4. The summed E-state index contributed by atoms with van der Waals surface area (Å²) in [4.78, 5) is 4.26. The van der Waals surface area contributed by atoms with Gasteiger partial charge in [0.15, 0.2) is 0 Å². The standard InChI is InChI=1S/C14H11BrFN3/c1-8-10(15)3-2-4-12(8)19-13-7-9(16)5-6-11(13)18-14(19)17/h2-7H,1H3,(H2,17,18). The molecule has 0 radical (unpaired) electrons. The van der Waals surface area contributed by atoms with Crippen molar-refractivity contribution >= 4 is 32.9 Å². The van der Waals surface area contributed by atoms with E-state index < -0.39 is 0 Å². The third kappa shape index (κ3) is 1.90. The van der Waals surface area contributed by atoms with Crippen molar-refractivity contribution in [1.29, 1.82) is 0 Å². The molecule has 1 heterocycles. The first-order valence-corrected chi connectivity index (χ1v) is 6.56. The van der Waals surface area contributed by atoms with Gasteiger partial charge in [0.05, 0.1) is 16.7 Å². The van der Waals surface area contributed by atoms with Gasteiger partial charge in [0.2, 0.25) is 5.95 Å². The highest BCUT2D eigenvalue weighted by atomic mass is 79.9. The summed E-state index contributed by atoms with van der Waals surface area (Å²) in [6.07, 6.45) is 0. The monoisotopic (exact) mass is 319 g/mol. The van der Waals surface area contributed by atoms with Crippen molar-refractivity contribution in [2.45, 2.75) is 6.92 Å². The molecule has 0 atom stereocenters. The second kappa shape index (κ2) is 4.35. The molecule has 0 saturated heterocycles. The molecule has 0 spiro atoms. The van der Waals surface area contributed by atoms with Gasteiger partial charge in [0, 0.05) is 10.5 Å². The molecule has 0 amide bonds. The minimum Gasteiger partial charge on any atom is -0.369 e. The molecule has 0 unspecified atom stereocenters. The summed E-state index contributed by atoms with van der Waals surface area (Å²) < 4.78 is 16.2.